The highest BCUT2D eigenvalue weighted by molar-refractivity contribution is 6.07. The Morgan fingerprint density at radius 1 is 1.50 bits per heavy atom. The first-order valence-electron chi connectivity index (χ1n) is 7.20. The lowest BCUT2D eigenvalue weighted by molar-refractivity contribution is -0.384. The van der Waals surface area contributed by atoms with Crippen LogP contribution in [-0.2, 0) is 0 Å². The van der Waals surface area contributed by atoms with Crippen molar-refractivity contribution in [3.05, 3.63) is 40.1 Å². The normalized spacial score (nSPS) is 22.0. The minimum atomic E-state index is -0.530. The van der Waals surface area contributed by atoms with Gasteiger partial charge in [-0.15, -0.1) is 0 Å². The van der Waals surface area contributed by atoms with Crippen molar-refractivity contribution in [2.24, 2.45) is 5.92 Å². The van der Waals surface area contributed by atoms with Crippen LogP contribution in [0.2, 0.25) is 0 Å². The van der Waals surface area contributed by atoms with Gasteiger partial charge in [0.15, 0.2) is 0 Å². The van der Waals surface area contributed by atoms with Crippen molar-refractivity contribution < 1.29 is 14.8 Å². The van der Waals surface area contributed by atoms with Crippen molar-refractivity contribution in [2.75, 3.05) is 13.1 Å². The highest BCUT2D eigenvalue weighted by Crippen LogP contribution is 2.26. The number of amides is 1. The fourth-order valence-electron chi connectivity index (χ4n) is 2.80. The van der Waals surface area contributed by atoms with Gasteiger partial charge in [-0.3, -0.25) is 14.9 Å². The van der Waals surface area contributed by atoms with Crippen LogP contribution in [0.25, 0.3) is 10.9 Å². The number of aliphatic hydroxyl groups is 1. The predicted molar refractivity (Wildman–Crippen MR) is 80.6 cm³/mol. The molecule has 7 nitrogen and oxygen atoms in total. The molecule has 2 aromatic rings. The zero-order chi connectivity index (χ0) is 15.9. The Hall–Kier alpha value is -2.41. The van der Waals surface area contributed by atoms with Crippen LogP contribution < -0.4 is 0 Å². The molecule has 1 aromatic carbocycles. The van der Waals surface area contributed by atoms with Gasteiger partial charge in [0.2, 0.25) is 0 Å². The van der Waals surface area contributed by atoms with Gasteiger partial charge in [0.05, 0.1) is 16.6 Å². The van der Waals surface area contributed by atoms with Crippen molar-refractivity contribution in [3.63, 3.8) is 0 Å². The maximum atomic E-state index is 12.6. The van der Waals surface area contributed by atoms with Crippen LogP contribution in [0.3, 0.4) is 0 Å². The van der Waals surface area contributed by atoms with Crippen LogP contribution in [0.4, 0.5) is 5.69 Å². The lowest BCUT2D eigenvalue weighted by Gasteiger charge is -2.34. The van der Waals surface area contributed by atoms with Crippen molar-refractivity contribution in [2.45, 2.75) is 19.4 Å². The lowest BCUT2D eigenvalue weighted by Crippen LogP contribution is -2.45. The van der Waals surface area contributed by atoms with Crippen molar-refractivity contribution >= 4 is 22.5 Å². The van der Waals surface area contributed by atoms with E-state index < -0.39 is 11.0 Å². The van der Waals surface area contributed by atoms with E-state index in [0.29, 0.717) is 29.6 Å². The molecule has 1 aromatic heterocycles. The molecular weight excluding hydrogens is 286 g/mol. The molecule has 0 bridgehead atoms. The molecule has 22 heavy (non-hydrogen) atoms. The van der Waals surface area contributed by atoms with E-state index in [-0.39, 0.29) is 17.5 Å². The number of nitrogens with zero attached hydrogens (tertiary/aromatic N) is 2. The summed E-state index contributed by atoms with van der Waals surface area (Å²) in [5.41, 5.74) is 1.04. The summed E-state index contributed by atoms with van der Waals surface area (Å²) in [6, 6.07) is 4.40. The van der Waals surface area contributed by atoms with Crippen molar-refractivity contribution in [1.29, 1.82) is 0 Å². The number of nitro benzene ring substituents is 1. The van der Waals surface area contributed by atoms with E-state index in [9.17, 15) is 20.0 Å². The number of non-ortho nitro benzene ring substituents is 1. The molecule has 3 rings (SSSR count). The predicted octanol–water partition coefficient (Wildman–Crippen LogP) is 1.92. The first-order valence-corrected chi connectivity index (χ1v) is 7.20. The highest BCUT2D eigenvalue weighted by atomic mass is 16.6. The quantitative estimate of drug-likeness (QED) is 0.654. The number of β-amino-alcohol motifs (C(OH)–C–C–N with tert-alkyl or cyclic N) is 1. The number of H-pyrrole nitrogens is 1. The molecule has 2 heterocycles. The van der Waals surface area contributed by atoms with Gasteiger partial charge in [-0.2, -0.15) is 0 Å². The SMILES string of the molecule is CC1CCN(C(=O)c2c[nH]c3ccc([N+](=O)[O-])cc23)CC1O. The summed E-state index contributed by atoms with van der Waals surface area (Å²) in [6.45, 7) is 2.84. The van der Waals surface area contributed by atoms with Gasteiger partial charge in [0, 0.05) is 42.3 Å². The molecule has 0 aliphatic carbocycles. The number of hydrogen-bond donors (Lipinski definition) is 2. The third kappa shape index (κ3) is 2.43. The number of aromatic nitrogens is 1. The van der Waals surface area contributed by atoms with Gasteiger partial charge in [-0.05, 0) is 18.4 Å². The number of aliphatic hydroxyl groups excluding tert-OH is 1. The fraction of sp³-hybridized carbons (Fsp3) is 0.400. The number of aromatic amines is 1. The molecule has 1 aliphatic rings. The van der Waals surface area contributed by atoms with Gasteiger partial charge in [-0.1, -0.05) is 6.92 Å². The molecule has 0 radical (unpaired) electrons. The summed E-state index contributed by atoms with van der Waals surface area (Å²) < 4.78 is 0. The van der Waals surface area contributed by atoms with Crippen LogP contribution in [-0.4, -0.2) is 45.0 Å². The van der Waals surface area contributed by atoms with Gasteiger partial charge in [0.25, 0.3) is 11.6 Å². The summed E-state index contributed by atoms with van der Waals surface area (Å²) in [6.07, 6.45) is 1.79. The van der Waals surface area contributed by atoms with Gasteiger partial charge < -0.3 is 15.0 Å². The van der Waals surface area contributed by atoms with Gasteiger partial charge in [0.1, 0.15) is 0 Å². The molecule has 2 atom stereocenters. The lowest BCUT2D eigenvalue weighted by atomic mass is 9.95. The average molecular weight is 303 g/mol. The van der Waals surface area contributed by atoms with Crippen LogP contribution >= 0.6 is 0 Å². The number of hydrogen-bond acceptors (Lipinski definition) is 4. The number of carbonyl (C=O) groups excluding carboxylic acids is 1. The van der Waals surface area contributed by atoms with E-state index in [1.165, 1.54) is 12.1 Å². The van der Waals surface area contributed by atoms with E-state index in [0.717, 1.165) is 6.42 Å². The van der Waals surface area contributed by atoms with E-state index in [1.807, 2.05) is 6.92 Å². The number of carbonyl (C=O) groups is 1. The first-order chi connectivity index (χ1) is 10.5. The molecule has 1 aliphatic heterocycles. The number of likely N-dealkylation sites (tertiary alicyclic amines) is 1. The summed E-state index contributed by atoms with van der Waals surface area (Å²) >= 11 is 0. The number of fused-ring (bicyclic) bond motifs is 1. The zero-order valence-corrected chi connectivity index (χ0v) is 12.2. The third-order valence-electron chi connectivity index (χ3n) is 4.31. The number of nitrogens with one attached hydrogen (secondary N) is 1. The molecule has 2 unspecified atom stereocenters. The molecule has 116 valence electrons. The van der Waals surface area contributed by atoms with E-state index in [1.54, 1.807) is 17.2 Å². The Bertz CT molecular complexity index is 739. The molecule has 0 saturated carbocycles. The second-order valence-electron chi connectivity index (χ2n) is 5.77. The second kappa shape index (κ2) is 5.42. The van der Waals surface area contributed by atoms with Crippen molar-refractivity contribution in [3.8, 4) is 0 Å². The summed E-state index contributed by atoms with van der Waals surface area (Å²) in [5, 5.41) is 21.4. The minimum absolute atomic E-state index is 0.0477. The van der Waals surface area contributed by atoms with E-state index in [4.69, 9.17) is 0 Å². The van der Waals surface area contributed by atoms with E-state index in [2.05, 4.69) is 4.98 Å². The number of piperidine rings is 1. The van der Waals surface area contributed by atoms with Crippen LogP contribution in [0, 0.1) is 16.0 Å². The maximum absolute atomic E-state index is 12.6. The summed E-state index contributed by atoms with van der Waals surface area (Å²) in [4.78, 5) is 27.6. The van der Waals surface area contributed by atoms with Gasteiger partial charge in [-0.25, -0.2) is 0 Å². The Kier molecular flexibility index (Phi) is 3.58. The molecule has 7 heteroatoms. The molecule has 0 spiro atoms. The van der Waals surface area contributed by atoms with Crippen LogP contribution in [0.5, 0.6) is 0 Å². The molecular formula is C15H17N3O4. The smallest absolute Gasteiger partial charge is 0.270 e. The summed E-state index contributed by atoms with van der Waals surface area (Å²) in [5.74, 6) is -0.0363. The van der Waals surface area contributed by atoms with Gasteiger partial charge >= 0.3 is 0 Å². The highest BCUT2D eigenvalue weighted by Gasteiger charge is 2.29. The topological polar surface area (TPSA) is 99.5 Å². The standard InChI is InChI=1S/C15H17N3O4/c1-9-4-5-17(8-14(9)19)15(20)12-7-16-13-3-2-10(18(21)22)6-11(12)13/h2-3,6-7,9,14,16,19H,4-5,8H2,1H3. The Labute approximate surface area is 126 Å². The van der Waals surface area contributed by atoms with Crippen LogP contribution in [0.15, 0.2) is 24.4 Å². The molecule has 1 saturated heterocycles. The number of rotatable bonds is 2. The molecule has 1 amide bonds. The Balaban J connectivity index is 1.94. The molecule has 2 N–H and O–H groups in total. The first kappa shape index (κ1) is 14.5. The Morgan fingerprint density at radius 3 is 2.95 bits per heavy atom. The minimum Gasteiger partial charge on any atom is -0.391 e. The van der Waals surface area contributed by atoms with Crippen molar-refractivity contribution in [1.82, 2.24) is 9.88 Å². The zero-order valence-electron chi connectivity index (χ0n) is 12.2. The number of benzene rings is 1. The maximum Gasteiger partial charge on any atom is 0.270 e. The Morgan fingerprint density at radius 2 is 2.27 bits per heavy atom. The third-order valence-corrected chi connectivity index (χ3v) is 4.31. The summed E-state index contributed by atoms with van der Waals surface area (Å²) in [7, 11) is 0. The van der Waals surface area contributed by atoms with Crippen LogP contribution in [0.1, 0.15) is 23.7 Å². The largest absolute Gasteiger partial charge is 0.391 e. The monoisotopic (exact) mass is 303 g/mol. The fourth-order valence-corrected chi connectivity index (χ4v) is 2.80. The average Bonchev–Trinajstić information content (AvgIpc) is 2.92. The van der Waals surface area contributed by atoms with E-state index >= 15 is 0 Å². The molecule has 1 fully saturated rings. The number of nitro groups is 1. The second-order valence-corrected chi connectivity index (χ2v) is 5.77.